The van der Waals surface area contributed by atoms with Crippen molar-refractivity contribution < 1.29 is 4.39 Å². The lowest BCUT2D eigenvalue weighted by molar-refractivity contribution is 0.546. The topological polar surface area (TPSA) is 37.8 Å². The quantitative estimate of drug-likeness (QED) is 0.821. The van der Waals surface area contributed by atoms with Gasteiger partial charge in [-0.3, -0.25) is 0 Å². The molecule has 0 spiro atoms. The summed E-state index contributed by atoms with van der Waals surface area (Å²) in [5, 5.41) is 3.45. The molecule has 0 amide bonds. The summed E-state index contributed by atoms with van der Waals surface area (Å²) in [5.41, 5.74) is 1.39. The van der Waals surface area contributed by atoms with Crippen molar-refractivity contribution in [2.24, 2.45) is 0 Å². The molecule has 0 saturated heterocycles. The van der Waals surface area contributed by atoms with Gasteiger partial charge in [0, 0.05) is 17.2 Å². The lowest BCUT2D eigenvalue weighted by atomic mass is 9.96. The molecule has 3 nitrogen and oxygen atoms in total. The van der Waals surface area contributed by atoms with E-state index in [-0.39, 0.29) is 11.2 Å². The van der Waals surface area contributed by atoms with Crippen molar-refractivity contribution in [2.45, 2.75) is 33.1 Å². The van der Waals surface area contributed by atoms with Crippen LogP contribution in [0.25, 0.3) is 0 Å². The van der Waals surface area contributed by atoms with Crippen LogP contribution < -0.4 is 5.32 Å². The number of aromatic nitrogens is 2. The van der Waals surface area contributed by atoms with Gasteiger partial charge in [-0.05, 0) is 24.6 Å². The van der Waals surface area contributed by atoms with E-state index in [0.717, 1.165) is 5.56 Å². The van der Waals surface area contributed by atoms with Gasteiger partial charge in [0.2, 0.25) is 0 Å². The van der Waals surface area contributed by atoms with Crippen molar-refractivity contribution in [2.75, 3.05) is 5.32 Å². The van der Waals surface area contributed by atoms with Crippen molar-refractivity contribution in [3.63, 3.8) is 0 Å². The summed E-state index contributed by atoms with van der Waals surface area (Å²) in [4.78, 5) is 8.67. The van der Waals surface area contributed by atoms with Crippen LogP contribution in [0.15, 0.2) is 24.3 Å². The molecule has 0 aliphatic carbocycles. The van der Waals surface area contributed by atoms with Crippen molar-refractivity contribution in [3.05, 3.63) is 46.6 Å². The van der Waals surface area contributed by atoms with Crippen LogP contribution in [0, 0.1) is 12.7 Å². The van der Waals surface area contributed by atoms with Crippen molar-refractivity contribution in [1.29, 1.82) is 0 Å². The SMILES string of the molecule is Cc1ccc(F)cc1Nc1cc(Cl)nc(C(C)(C)C)n1. The predicted molar refractivity (Wildman–Crippen MR) is 80.2 cm³/mol. The average molecular weight is 294 g/mol. The first-order chi connectivity index (χ1) is 9.25. The number of halogens is 2. The Hall–Kier alpha value is -1.68. The molecular formula is C15H17ClFN3. The van der Waals surface area contributed by atoms with E-state index in [9.17, 15) is 4.39 Å². The summed E-state index contributed by atoms with van der Waals surface area (Å²) in [6.45, 7) is 7.93. The van der Waals surface area contributed by atoms with Crippen LogP contribution in [0.5, 0.6) is 0 Å². The molecule has 0 atom stereocenters. The standard InChI is InChI=1S/C15H17ClFN3/c1-9-5-6-10(17)7-11(9)18-13-8-12(16)19-14(20-13)15(2,3)4/h5-8H,1-4H3,(H,18,19,20). The normalized spacial score (nSPS) is 11.5. The van der Waals surface area contributed by atoms with E-state index in [1.54, 1.807) is 12.1 Å². The first-order valence-corrected chi connectivity index (χ1v) is 6.72. The van der Waals surface area contributed by atoms with Gasteiger partial charge < -0.3 is 5.32 Å². The number of hydrogen-bond acceptors (Lipinski definition) is 3. The fourth-order valence-corrected chi connectivity index (χ4v) is 1.87. The Balaban J connectivity index is 2.39. The zero-order valence-electron chi connectivity index (χ0n) is 12.0. The highest BCUT2D eigenvalue weighted by Gasteiger charge is 2.19. The summed E-state index contributed by atoms with van der Waals surface area (Å²) in [7, 11) is 0. The molecule has 1 aromatic carbocycles. The first-order valence-electron chi connectivity index (χ1n) is 6.34. The highest BCUT2D eigenvalue weighted by molar-refractivity contribution is 6.29. The molecule has 5 heteroatoms. The minimum absolute atomic E-state index is 0.210. The van der Waals surface area contributed by atoms with Crippen LogP contribution in [-0.4, -0.2) is 9.97 Å². The zero-order valence-corrected chi connectivity index (χ0v) is 12.7. The van der Waals surface area contributed by atoms with Crippen LogP contribution in [0.4, 0.5) is 15.9 Å². The molecule has 0 radical (unpaired) electrons. The lowest BCUT2D eigenvalue weighted by Gasteiger charge is -2.18. The average Bonchev–Trinajstić information content (AvgIpc) is 2.32. The summed E-state index contributed by atoms with van der Waals surface area (Å²) in [6.07, 6.45) is 0. The van der Waals surface area contributed by atoms with Gasteiger partial charge in [-0.25, -0.2) is 14.4 Å². The third kappa shape index (κ3) is 3.45. The minimum Gasteiger partial charge on any atom is -0.340 e. The zero-order chi connectivity index (χ0) is 14.9. The summed E-state index contributed by atoms with van der Waals surface area (Å²) >= 11 is 6.03. The molecule has 1 N–H and O–H groups in total. The highest BCUT2D eigenvalue weighted by Crippen LogP contribution is 2.25. The molecule has 0 aliphatic rings. The van der Waals surface area contributed by atoms with E-state index in [4.69, 9.17) is 11.6 Å². The third-order valence-electron chi connectivity index (χ3n) is 2.83. The second kappa shape index (κ2) is 5.37. The molecule has 0 saturated carbocycles. The van der Waals surface area contributed by atoms with E-state index in [0.29, 0.717) is 22.5 Å². The molecule has 106 valence electrons. The Bertz CT molecular complexity index is 636. The van der Waals surface area contributed by atoms with Crippen LogP contribution in [-0.2, 0) is 5.41 Å². The number of nitrogens with zero attached hydrogens (tertiary/aromatic N) is 2. The van der Waals surface area contributed by atoms with Gasteiger partial charge in [-0.15, -0.1) is 0 Å². The minimum atomic E-state index is -0.297. The van der Waals surface area contributed by atoms with Crippen LogP contribution in [0.3, 0.4) is 0 Å². The van der Waals surface area contributed by atoms with E-state index in [1.165, 1.54) is 12.1 Å². The fraction of sp³-hybridized carbons (Fsp3) is 0.333. The Morgan fingerprint density at radius 1 is 1.15 bits per heavy atom. The third-order valence-corrected chi connectivity index (χ3v) is 3.02. The van der Waals surface area contributed by atoms with Crippen molar-refractivity contribution in [3.8, 4) is 0 Å². The number of anilines is 2. The number of benzene rings is 1. The van der Waals surface area contributed by atoms with Crippen molar-refractivity contribution >= 4 is 23.1 Å². The lowest BCUT2D eigenvalue weighted by Crippen LogP contribution is -2.16. The molecular weight excluding hydrogens is 277 g/mol. The van der Waals surface area contributed by atoms with Gasteiger partial charge in [-0.2, -0.15) is 0 Å². The monoisotopic (exact) mass is 293 g/mol. The Morgan fingerprint density at radius 2 is 1.85 bits per heavy atom. The number of aryl methyl sites for hydroxylation is 1. The first kappa shape index (κ1) is 14.7. The van der Waals surface area contributed by atoms with Crippen LogP contribution in [0.2, 0.25) is 5.15 Å². The van der Waals surface area contributed by atoms with Gasteiger partial charge in [0.15, 0.2) is 0 Å². The van der Waals surface area contributed by atoms with Crippen LogP contribution in [0.1, 0.15) is 32.2 Å². The summed E-state index contributed by atoms with van der Waals surface area (Å²) in [6, 6.07) is 6.20. The maximum atomic E-state index is 13.3. The smallest absolute Gasteiger partial charge is 0.137 e. The van der Waals surface area contributed by atoms with Crippen molar-refractivity contribution in [1.82, 2.24) is 9.97 Å². The maximum Gasteiger partial charge on any atom is 0.137 e. The number of nitrogens with one attached hydrogen (secondary N) is 1. The predicted octanol–water partition coefficient (Wildman–Crippen LogP) is 4.62. The van der Waals surface area contributed by atoms with Gasteiger partial charge in [0.05, 0.1) is 0 Å². The Kier molecular flexibility index (Phi) is 3.95. The molecule has 0 aliphatic heterocycles. The maximum absolute atomic E-state index is 13.3. The molecule has 2 aromatic rings. The molecule has 0 unspecified atom stereocenters. The van der Waals surface area contributed by atoms with E-state index in [2.05, 4.69) is 15.3 Å². The highest BCUT2D eigenvalue weighted by atomic mass is 35.5. The molecule has 0 fully saturated rings. The van der Waals surface area contributed by atoms with Crippen LogP contribution >= 0.6 is 11.6 Å². The Morgan fingerprint density at radius 3 is 2.50 bits per heavy atom. The second-order valence-electron chi connectivity index (χ2n) is 5.73. The molecule has 0 bridgehead atoms. The summed E-state index contributed by atoms with van der Waals surface area (Å²) < 4.78 is 13.3. The second-order valence-corrected chi connectivity index (χ2v) is 6.12. The fourth-order valence-electron chi connectivity index (χ4n) is 1.68. The van der Waals surface area contributed by atoms with Gasteiger partial charge >= 0.3 is 0 Å². The largest absolute Gasteiger partial charge is 0.340 e. The molecule has 1 heterocycles. The number of rotatable bonds is 2. The molecule has 20 heavy (non-hydrogen) atoms. The van der Waals surface area contributed by atoms with E-state index >= 15 is 0 Å². The van der Waals surface area contributed by atoms with Gasteiger partial charge in [0.25, 0.3) is 0 Å². The Labute approximate surface area is 123 Å². The summed E-state index contributed by atoms with van der Waals surface area (Å²) in [5.74, 6) is 0.902. The van der Waals surface area contributed by atoms with E-state index < -0.39 is 0 Å². The molecule has 1 aromatic heterocycles. The molecule has 2 rings (SSSR count). The van der Waals surface area contributed by atoms with Gasteiger partial charge in [-0.1, -0.05) is 38.4 Å². The van der Waals surface area contributed by atoms with Gasteiger partial charge in [0.1, 0.15) is 22.6 Å². The van der Waals surface area contributed by atoms with E-state index in [1.807, 2.05) is 27.7 Å². The number of hydrogen-bond donors (Lipinski definition) is 1.